The molecule has 2 aromatic rings. The van der Waals surface area contributed by atoms with Crippen molar-refractivity contribution in [2.24, 2.45) is 4.99 Å². The Morgan fingerprint density at radius 2 is 1.81 bits per heavy atom. The van der Waals surface area contributed by atoms with Crippen LogP contribution in [0.1, 0.15) is 0 Å². The van der Waals surface area contributed by atoms with Crippen molar-refractivity contribution in [3.8, 4) is 11.5 Å². The lowest BCUT2D eigenvalue weighted by atomic mass is 10.3. The van der Waals surface area contributed by atoms with Crippen molar-refractivity contribution in [2.45, 2.75) is 0 Å². The lowest BCUT2D eigenvalue weighted by molar-refractivity contribution is 0.485. The highest BCUT2D eigenvalue weighted by atomic mass is 35.5. The van der Waals surface area contributed by atoms with E-state index in [4.69, 9.17) is 27.9 Å². The summed E-state index contributed by atoms with van der Waals surface area (Å²) in [6.07, 6.45) is 0. The molecule has 4 nitrogen and oxygen atoms in total. The van der Waals surface area contributed by atoms with E-state index in [9.17, 15) is 0 Å². The molecule has 0 saturated heterocycles. The molecule has 0 spiro atoms. The standard InChI is InChI=1S/C15H13Cl2N3O/c16-10-1-4-12(5-2-10)21-14-6-3-11(17)9-13(14)20-15-18-7-8-19-15/h1-6,9H,7-8H2,(H2,18,19,20). The highest BCUT2D eigenvalue weighted by Crippen LogP contribution is 2.32. The quantitative estimate of drug-likeness (QED) is 0.892. The molecule has 3 rings (SSSR count). The van der Waals surface area contributed by atoms with Crippen LogP contribution in [-0.2, 0) is 0 Å². The fraction of sp³-hybridized carbons (Fsp3) is 0.133. The Balaban J connectivity index is 1.84. The summed E-state index contributed by atoms with van der Waals surface area (Å²) < 4.78 is 5.87. The van der Waals surface area contributed by atoms with E-state index in [0.717, 1.165) is 24.7 Å². The first-order valence-electron chi connectivity index (χ1n) is 6.49. The van der Waals surface area contributed by atoms with Gasteiger partial charge in [-0.25, -0.2) is 0 Å². The predicted octanol–water partition coefficient (Wildman–Crippen LogP) is 4.16. The zero-order valence-electron chi connectivity index (χ0n) is 11.1. The largest absolute Gasteiger partial charge is 0.455 e. The van der Waals surface area contributed by atoms with E-state index in [2.05, 4.69) is 15.6 Å². The molecule has 1 heterocycles. The van der Waals surface area contributed by atoms with Gasteiger partial charge < -0.3 is 15.4 Å². The lowest BCUT2D eigenvalue weighted by Gasteiger charge is -2.13. The summed E-state index contributed by atoms with van der Waals surface area (Å²) >= 11 is 11.9. The minimum atomic E-state index is 0.625. The number of nitrogens with zero attached hydrogens (tertiary/aromatic N) is 1. The fourth-order valence-electron chi connectivity index (χ4n) is 1.93. The minimum absolute atomic E-state index is 0.625. The number of guanidine groups is 1. The van der Waals surface area contributed by atoms with Crippen LogP contribution in [0.4, 0.5) is 5.69 Å². The molecule has 6 heteroatoms. The number of nitrogens with one attached hydrogen (secondary N) is 2. The van der Waals surface area contributed by atoms with Crippen LogP contribution in [0.5, 0.6) is 11.5 Å². The molecule has 0 amide bonds. The van der Waals surface area contributed by atoms with E-state index in [-0.39, 0.29) is 0 Å². The maximum Gasteiger partial charge on any atom is 0.196 e. The van der Waals surface area contributed by atoms with Crippen molar-refractivity contribution in [2.75, 3.05) is 18.4 Å². The van der Waals surface area contributed by atoms with E-state index >= 15 is 0 Å². The predicted molar refractivity (Wildman–Crippen MR) is 86.9 cm³/mol. The SMILES string of the molecule is Clc1ccc(Oc2ccc(Cl)cc2NC2=NCCN2)cc1. The number of anilines is 1. The van der Waals surface area contributed by atoms with Crippen molar-refractivity contribution in [1.82, 2.24) is 5.32 Å². The second-order valence-electron chi connectivity index (χ2n) is 4.48. The third-order valence-corrected chi connectivity index (χ3v) is 3.40. The van der Waals surface area contributed by atoms with E-state index in [1.807, 2.05) is 18.2 Å². The topological polar surface area (TPSA) is 45.6 Å². The Labute approximate surface area is 132 Å². The monoisotopic (exact) mass is 321 g/mol. The molecule has 0 radical (unpaired) electrons. The van der Waals surface area contributed by atoms with Gasteiger partial charge in [-0.2, -0.15) is 0 Å². The smallest absolute Gasteiger partial charge is 0.196 e. The van der Waals surface area contributed by atoms with Gasteiger partial charge in [0, 0.05) is 16.6 Å². The summed E-state index contributed by atoms with van der Waals surface area (Å²) in [4.78, 5) is 4.30. The second-order valence-corrected chi connectivity index (χ2v) is 5.35. The average Bonchev–Trinajstić information content (AvgIpc) is 2.97. The molecule has 2 aromatic carbocycles. The summed E-state index contributed by atoms with van der Waals surface area (Å²) in [5.74, 6) is 2.09. The molecule has 0 fully saturated rings. The number of aliphatic imine (C=N–C) groups is 1. The summed E-state index contributed by atoms with van der Waals surface area (Å²) in [6, 6.07) is 12.6. The van der Waals surface area contributed by atoms with Crippen LogP contribution >= 0.6 is 23.2 Å². The van der Waals surface area contributed by atoms with Crippen molar-refractivity contribution < 1.29 is 4.74 Å². The lowest BCUT2D eigenvalue weighted by Crippen LogP contribution is -2.26. The molecule has 1 aliphatic rings. The number of rotatable bonds is 3. The van der Waals surface area contributed by atoms with Gasteiger partial charge in [0.25, 0.3) is 0 Å². The Morgan fingerprint density at radius 1 is 1.05 bits per heavy atom. The summed E-state index contributed by atoms with van der Waals surface area (Å²) in [7, 11) is 0. The molecule has 1 aliphatic heterocycles. The van der Waals surface area contributed by atoms with Gasteiger partial charge in [-0.3, -0.25) is 4.99 Å². The molecule has 0 atom stereocenters. The van der Waals surface area contributed by atoms with Crippen LogP contribution in [0, 0.1) is 0 Å². The van der Waals surface area contributed by atoms with Gasteiger partial charge in [-0.05, 0) is 42.5 Å². The zero-order chi connectivity index (χ0) is 14.7. The highest BCUT2D eigenvalue weighted by Gasteiger charge is 2.11. The van der Waals surface area contributed by atoms with E-state index in [1.165, 1.54) is 0 Å². The van der Waals surface area contributed by atoms with Crippen molar-refractivity contribution in [3.05, 3.63) is 52.5 Å². The van der Waals surface area contributed by atoms with Gasteiger partial charge in [-0.15, -0.1) is 0 Å². The Bertz CT molecular complexity index is 671. The average molecular weight is 322 g/mol. The number of hydrogen-bond acceptors (Lipinski definition) is 4. The molecule has 108 valence electrons. The second kappa shape index (κ2) is 6.24. The fourth-order valence-corrected chi connectivity index (χ4v) is 2.23. The van der Waals surface area contributed by atoms with Gasteiger partial charge >= 0.3 is 0 Å². The maximum atomic E-state index is 6.05. The Morgan fingerprint density at radius 3 is 2.52 bits per heavy atom. The Hall–Kier alpha value is -1.91. The molecule has 21 heavy (non-hydrogen) atoms. The normalized spacial score (nSPS) is 13.5. The molecule has 0 unspecified atom stereocenters. The number of hydrogen-bond donors (Lipinski definition) is 2. The summed E-state index contributed by atoms with van der Waals surface area (Å²) in [5.41, 5.74) is 0.755. The molecule has 2 N–H and O–H groups in total. The number of ether oxygens (including phenoxy) is 1. The van der Waals surface area contributed by atoms with Crippen molar-refractivity contribution >= 4 is 34.8 Å². The zero-order valence-corrected chi connectivity index (χ0v) is 12.6. The molecule has 0 aliphatic carbocycles. The van der Waals surface area contributed by atoms with Gasteiger partial charge in [0.1, 0.15) is 5.75 Å². The van der Waals surface area contributed by atoms with Crippen LogP contribution < -0.4 is 15.4 Å². The first-order valence-corrected chi connectivity index (χ1v) is 7.24. The van der Waals surface area contributed by atoms with E-state index in [0.29, 0.717) is 21.5 Å². The van der Waals surface area contributed by atoms with Crippen LogP contribution in [0.15, 0.2) is 47.5 Å². The van der Waals surface area contributed by atoms with Crippen LogP contribution in [-0.4, -0.2) is 19.0 Å². The summed E-state index contributed by atoms with van der Waals surface area (Å²) in [5, 5.41) is 7.62. The van der Waals surface area contributed by atoms with Crippen LogP contribution in [0.2, 0.25) is 10.0 Å². The first-order chi connectivity index (χ1) is 10.2. The third-order valence-electron chi connectivity index (χ3n) is 2.91. The molecular formula is C15H13Cl2N3O. The molecule has 0 bridgehead atoms. The third kappa shape index (κ3) is 3.60. The number of benzene rings is 2. The molecular weight excluding hydrogens is 309 g/mol. The van der Waals surface area contributed by atoms with Gasteiger partial charge in [0.05, 0.1) is 12.2 Å². The minimum Gasteiger partial charge on any atom is -0.455 e. The van der Waals surface area contributed by atoms with Crippen molar-refractivity contribution in [1.29, 1.82) is 0 Å². The van der Waals surface area contributed by atoms with Gasteiger partial charge in [0.15, 0.2) is 11.7 Å². The highest BCUT2D eigenvalue weighted by molar-refractivity contribution is 6.31. The maximum absolute atomic E-state index is 6.05. The first kappa shape index (κ1) is 14.0. The summed E-state index contributed by atoms with van der Waals surface area (Å²) in [6.45, 7) is 1.59. The Kier molecular flexibility index (Phi) is 4.18. The molecule has 0 aromatic heterocycles. The van der Waals surface area contributed by atoms with Crippen LogP contribution in [0.3, 0.4) is 0 Å². The molecule has 0 saturated carbocycles. The van der Waals surface area contributed by atoms with Gasteiger partial charge in [0.2, 0.25) is 0 Å². The van der Waals surface area contributed by atoms with E-state index in [1.54, 1.807) is 24.3 Å². The van der Waals surface area contributed by atoms with Crippen LogP contribution in [0.25, 0.3) is 0 Å². The van der Waals surface area contributed by atoms with E-state index < -0.39 is 0 Å². The van der Waals surface area contributed by atoms with Crippen molar-refractivity contribution in [3.63, 3.8) is 0 Å². The number of halogens is 2. The van der Waals surface area contributed by atoms with Gasteiger partial charge in [-0.1, -0.05) is 23.2 Å².